The fraction of sp³-hybridized carbons (Fsp3) is 0.333. The molecule has 4 aromatic heterocycles. The first-order valence-corrected chi connectivity index (χ1v) is 10.0. The van der Waals surface area contributed by atoms with Gasteiger partial charge in [0.25, 0.3) is 0 Å². The Hall–Kier alpha value is -3.66. The van der Waals surface area contributed by atoms with Gasteiger partial charge in [-0.25, -0.2) is 4.98 Å². The molecule has 0 saturated heterocycles. The maximum atomic E-state index is 10.2. The van der Waals surface area contributed by atoms with Crippen molar-refractivity contribution in [1.82, 2.24) is 24.9 Å². The van der Waals surface area contributed by atoms with Gasteiger partial charge in [-0.15, -0.1) is 0 Å². The number of aliphatic hydroxyl groups is 1. The second-order valence-corrected chi connectivity index (χ2v) is 7.42. The van der Waals surface area contributed by atoms with Gasteiger partial charge in [0, 0.05) is 25.4 Å². The van der Waals surface area contributed by atoms with Crippen molar-refractivity contribution in [2.45, 2.75) is 31.5 Å². The largest absolute Gasteiger partial charge is 0.494 e. The SMILES string of the molecule is COc1cccnc1-c1cc(Nc2cc(O[C@@H]3CCC[C@@H]3O)c3cnn(C)c3n2)on1. The van der Waals surface area contributed by atoms with E-state index in [1.54, 1.807) is 42.4 Å². The average molecular weight is 422 g/mol. The Morgan fingerprint density at radius 2 is 2.16 bits per heavy atom. The van der Waals surface area contributed by atoms with Crippen LogP contribution in [0, 0.1) is 0 Å². The highest BCUT2D eigenvalue weighted by Gasteiger charge is 2.28. The van der Waals surface area contributed by atoms with Gasteiger partial charge in [-0.05, 0) is 31.4 Å². The first kappa shape index (κ1) is 19.3. The molecule has 4 aromatic rings. The van der Waals surface area contributed by atoms with E-state index in [2.05, 4.69) is 25.5 Å². The predicted octanol–water partition coefficient (Wildman–Crippen LogP) is 3.06. The summed E-state index contributed by atoms with van der Waals surface area (Å²) >= 11 is 0. The molecule has 0 aliphatic heterocycles. The smallest absolute Gasteiger partial charge is 0.230 e. The van der Waals surface area contributed by atoms with Crippen LogP contribution in [0.25, 0.3) is 22.4 Å². The van der Waals surface area contributed by atoms with E-state index >= 15 is 0 Å². The Kier molecular flexibility index (Phi) is 4.91. The number of anilines is 2. The summed E-state index contributed by atoms with van der Waals surface area (Å²) in [4.78, 5) is 8.94. The molecule has 10 heteroatoms. The highest BCUT2D eigenvalue weighted by Crippen LogP contribution is 2.33. The van der Waals surface area contributed by atoms with Crippen molar-refractivity contribution in [1.29, 1.82) is 0 Å². The molecule has 1 saturated carbocycles. The zero-order chi connectivity index (χ0) is 21.4. The third-order valence-electron chi connectivity index (χ3n) is 5.36. The minimum atomic E-state index is -0.471. The molecule has 1 aliphatic carbocycles. The average Bonchev–Trinajstić information content (AvgIpc) is 3.50. The summed E-state index contributed by atoms with van der Waals surface area (Å²) in [6.07, 6.45) is 5.16. The van der Waals surface area contributed by atoms with Crippen LogP contribution in [0.1, 0.15) is 19.3 Å². The highest BCUT2D eigenvalue weighted by molar-refractivity contribution is 5.84. The molecule has 0 aromatic carbocycles. The van der Waals surface area contributed by atoms with Gasteiger partial charge >= 0.3 is 0 Å². The minimum Gasteiger partial charge on any atom is -0.494 e. The Morgan fingerprint density at radius 1 is 1.26 bits per heavy atom. The molecule has 5 rings (SSSR count). The molecular formula is C21H22N6O4. The Morgan fingerprint density at radius 3 is 2.97 bits per heavy atom. The lowest BCUT2D eigenvalue weighted by atomic mass is 10.2. The molecular weight excluding hydrogens is 400 g/mol. The van der Waals surface area contributed by atoms with Crippen molar-refractivity contribution in [2.24, 2.45) is 7.05 Å². The zero-order valence-corrected chi connectivity index (χ0v) is 17.1. The number of ether oxygens (including phenoxy) is 2. The van der Waals surface area contributed by atoms with Crippen molar-refractivity contribution >= 4 is 22.7 Å². The third kappa shape index (κ3) is 3.66. The second-order valence-electron chi connectivity index (χ2n) is 7.42. The van der Waals surface area contributed by atoms with Crippen LogP contribution in [0.15, 0.2) is 41.2 Å². The van der Waals surface area contributed by atoms with Crippen LogP contribution in [-0.4, -0.2) is 49.3 Å². The third-order valence-corrected chi connectivity index (χ3v) is 5.36. The van der Waals surface area contributed by atoms with Crippen LogP contribution in [0.4, 0.5) is 11.7 Å². The number of pyridine rings is 2. The molecule has 0 amide bonds. The number of aliphatic hydroxyl groups excluding tert-OH is 1. The van der Waals surface area contributed by atoms with Gasteiger partial charge in [-0.2, -0.15) is 5.10 Å². The quantitative estimate of drug-likeness (QED) is 0.483. The van der Waals surface area contributed by atoms with Gasteiger partial charge in [-0.1, -0.05) is 5.16 Å². The number of hydrogen-bond donors (Lipinski definition) is 2. The van der Waals surface area contributed by atoms with Crippen molar-refractivity contribution in [3.63, 3.8) is 0 Å². The van der Waals surface area contributed by atoms with Crippen molar-refractivity contribution in [2.75, 3.05) is 12.4 Å². The number of nitrogens with zero attached hydrogens (tertiary/aromatic N) is 5. The number of nitrogens with one attached hydrogen (secondary N) is 1. The molecule has 0 radical (unpaired) electrons. The van der Waals surface area contributed by atoms with E-state index in [4.69, 9.17) is 14.0 Å². The van der Waals surface area contributed by atoms with Crippen molar-refractivity contribution < 1.29 is 19.1 Å². The number of fused-ring (bicyclic) bond motifs is 1. The molecule has 31 heavy (non-hydrogen) atoms. The van der Waals surface area contributed by atoms with E-state index in [-0.39, 0.29) is 6.10 Å². The molecule has 1 fully saturated rings. The summed E-state index contributed by atoms with van der Waals surface area (Å²) in [5.74, 6) is 2.11. The molecule has 2 N–H and O–H groups in total. The maximum absolute atomic E-state index is 10.2. The van der Waals surface area contributed by atoms with Gasteiger partial charge in [0.2, 0.25) is 5.88 Å². The van der Waals surface area contributed by atoms with Gasteiger partial charge < -0.3 is 24.4 Å². The van der Waals surface area contributed by atoms with E-state index in [9.17, 15) is 5.11 Å². The Labute approximate surface area is 177 Å². The van der Waals surface area contributed by atoms with Gasteiger partial charge in [0.15, 0.2) is 5.65 Å². The van der Waals surface area contributed by atoms with Crippen LogP contribution in [0.3, 0.4) is 0 Å². The summed E-state index contributed by atoms with van der Waals surface area (Å²) in [5.41, 5.74) is 1.77. The summed E-state index contributed by atoms with van der Waals surface area (Å²) in [6, 6.07) is 7.10. The van der Waals surface area contributed by atoms with E-state index in [0.717, 1.165) is 24.6 Å². The number of rotatable bonds is 6. The summed E-state index contributed by atoms with van der Waals surface area (Å²) in [6.45, 7) is 0. The Bertz CT molecular complexity index is 1220. The second kappa shape index (κ2) is 7.88. The van der Waals surface area contributed by atoms with Crippen LogP contribution >= 0.6 is 0 Å². The standard InChI is InChI=1S/C21H22N6O4/c1-27-21-12(11-23-27)17(30-15-6-3-5-14(15)28)10-18(25-21)24-19-9-13(26-31-19)20-16(29-2)7-4-8-22-20/h4,7-11,14-15,28H,3,5-6H2,1-2H3,(H,24,25)/t14-,15+/m0/s1. The van der Waals surface area contributed by atoms with Crippen LogP contribution in [0.5, 0.6) is 11.5 Å². The van der Waals surface area contributed by atoms with Crippen molar-refractivity contribution in [3.05, 3.63) is 36.7 Å². The van der Waals surface area contributed by atoms with Gasteiger partial charge in [0.1, 0.15) is 34.8 Å². The van der Waals surface area contributed by atoms with E-state index < -0.39 is 6.10 Å². The molecule has 2 atom stereocenters. The zero-order valence-electron chi connectivity index (χ0n) is 17.1. The molecule has 0 bridgehead atoms. The molecule has 0 spiro atoms. The van der Waals surface area contributed by atoms with E-state index in [1.165, 1.54) is 0 Å². The highest BCUT2D eigenvalue weighted by atomic mass is 16.5. The van der Waals surface area contributed by atoms with Crippen LogP contribution < -0.4 is 14.8 Å². The normalized spacial score (nSPS) is 18.4. The predicted molar refractivity (Wildman–Crippen MR) is 112 cm³/mol. The Balaban J connectivity index is 1.45. The number of methoxy groups -OCH3 is 1. The number of aromatic nitrogens is 5. The molecule has 0 unspecified atom stereocenters. The first-order valence-electron chi connectivity index (χ1n) is 10.0. The fourth-order valence-corrected chi connectivity index (χ4v) is 3.77. The maximum Gasteiger partial charge on any atom is 0.230 e. The lowest BCUT2D eigenvalue weighted by Gasteiger charge is -2.18. The van der Waals surface area contributed by atoms with Crippen molar-refractivity contribution in [3.8, 4) is 22.9 Å². The molecule has 1 aliphatic rings. The van der Waals surface area contributed by atoms with E-state index in [1.807, 2.05) is 13.1 Å². The molecule has 10 nitrogen and oxygen atoms in total. The summed E-state index contributed by atoms with van der Waals surface area (Å²) in [7, 11) is 3.39. The molecule has 160 valence electrons. The monoisotopic (exact) mass is 422 g/mol. The minimum absolute atomic E-state index is 0.243. The van der Waals surface area contributed by atoms with E-state index in [0.29, 0.717) is 40.2 Å². The van der Waals surface area contributed by atoms with Gasteiger partial charge in [0.05, 0.1) is 24.8 Å². The van der Waals surface area contributed by atoms with Crippen LogP contribution in [0.2, 0.25) is 0 Å². The van der Waals surface area contributed by atoms with Gasteiger partial charge in [-0.3, -0.25) is 9.67 Å². The summed E-state index contributed by atoms with van der Waals surface area (Å²) < 4.78 is 18.6. The van der Waals surface area contributed by atoms with Crippen LogP contribution in [-0.2, 0) is 7.05 Å². The number of aryl methyl sites for hydroxylation is 1. The number of hydrogen-bond acceptors (Lipinski definition) is 9. The lowest BCUT2D eigenvalue weighted by Crippen LogP contribution is -2.25. The fourth-order valence-electron chi connectivity index (χ4n) is 3.77. The summed E-state index contributed by atoms with van der Waals surface area (Å²) in [5, 5.41) is 22.4. The lowest BCUT2D eigenvalue weighted by molar-refractivity contribution is 0.0614. The molecule has 4 heterocycles. The first-order chi connectivity index (χ1) is 15.1. The topological polar surface area (TPSA) is 120 Å².